The quantitative estimate of drug-likeness (QED) is 0.292. The van der Waals surface area contributed by atoms with Crippen LogP contribution in [0.1, 0.15) is 18.2 Å². The predicted molar refractivity (Wildman–Crippen MR) is 127 cm³/mol. The minimum atomic E-state index is -4.51. The van der Waals surface area contributed by atoms with Crippen LogP contribution in [0.3, 0.4) is 0 Å². The van der Waals surface area contributed by atoms with Crippen LogP contribution in [-0.2, 0) is 19.6 Å². The number of nitrogens with one attached hydrogen (secondary N) is 2. The van der Waals surface area contributed by atoms with Gasteiger partial charge in [0.25, 0.3) is 0 Å². The lowest BCUT2D eigenvalue weighted by atomic mass is 10.1. The highest BCUT2D eigenvalue weighted by Gasteiger charge is 2.33. The first kappa shape index (κ1) is 22.5. The Balaban J connectivity index is 1.38. The number of hydrogen-bond acceptors (Lipinski definition) is 5. The topological polar surface area (TPSA) is 80.7 Å². The van der Waals surface area contributed by atoms with Crippen molar-refractivity contribution in [3.63, 3.8) is 0 Å². The molecule has 10 heteroatoms. The van der Waals surface area contributed by atoms with Crippen LogP contribution in [-0.4, -0.2) is 24.5 Å². The summed E-state index contributed by atoms with van der Waals surface area (Å²) in [7, 11) is 1.93. The number of imidazole rings is 2. The SMILES string of the molecule is CCc1cccc(Nc2nc3cc(Oc4ccnc(-c5ncc(C(F)(F)F)[nH]5)c4)ccc3n2C)c1. The summed E-state index contributed by atoms with van der Waals surface area (Å²) < 4.78 is 46.5. The molecule has 0 unspecified atom stereocenters. The highest BCUT2D eigenvalue weighted by Crippen LogP contribution is 2.31. The average molecular weight is 478 g/mol. The Bertz CT molecular complexity index is 1500. The van der Waals surface area contributed by atoms with E-state index in [4.69, 9.17) is 9.72 Å². The number of H-pyrrole nitrogens is 1. The molecular formula is C25H21F3N6O. The maximum absolute atomic E-state index is 12.9. The molecule has 0 fully saturated rings. The van der Waals surface area contributed by atoms with Crippen molar-refractivity contribution in [1.82, 2.24) is 24.5 Å². The molecule has 2 N–H and O–H groups in total. The van der Waals surface area contributed by atoms with Crippen LogP contribution in [0, 0.1) is 0 Å². The second-order valence-corrected chi connectivity index (χ2v) is 7.95. The number of rotatable bonds is 6. The lowest BCUT2D eigenvalue weighted by Crippen LogP contribution is -2.04. The van der Waals surface area contributed by atoms with Crippen molar-refractivity contribution >= 4 is 22.7 Å². The fourth-order valence-electron chi connectivity index (χ4n) is 3.69. The summed E-state index contributed by atoms with van der Waals surface area (Å²) in [6.07, 6.45) is -1.38. The summed E-state index contributed by atoms with van der Waals surface area (Å²) in [5.74, 6) is 1.63. The first-order valence-electron chi connectivity index (χ1n) is 10.9. The van der Waals surface area contributed by atoms with Crippen LogP contribution < -0.4 is 10.1 Å². The number of ether oxygens (including phenoxy) is 1. The molecule has 35 heavy (non-hydrogen) atoms. The molecule has 0 atom stereocenters. The molecule has 0 aliphatic carbocycles. The van der Waals surface area contributed by atoms with Gasteiger partial charge in [0.05, 0.1) is 17.2 Å². The van der Waals surface area contributed by atoms with E-state index >= 15 is 0 Å². The Hall–Kier alpha value is -4.34. The van der Waals surface area contributed by atoms with E-state index in [2.05, 4.69) is 39.3 Å². The molecule has 2 aromatic carbocycles. The van der Waals surface area contributed by atoms with E-state index in [1.54, 1.807) is 18.2 Å². The van der Waals surface area contributed by atoms with Gasteiger partial charge in [-0.25, -0.2) is 9.97 Å². The molecular weight excluding hydrogens is 457 g/mol. The minimum Gasteiger partial charge on any atom is -0.457 e. The fraction of sp³-hybridized carbons (Fsp3) is 0.160. The number of halogens is 3. The standard InChI is InChI=1S/C25H21F3N6O/c1-3-15-5-4-6-16(11-15)31-24-32-19-12-17(7-8-21(19)34(24)2)35-18-9-10-29-20(13-18)23-30-14-22(33-23)25(26,27)28/h4-14H,3H2,1-2H3,(H,30,33)(H,31,32). The maximum atomic E-state index is 12.9. The van der Waals surface area contributed by atoms with Gasteiger partial charge in [0.15, 0.2) is 5.82 Å². The first-order valence-corrected chi connectivity index (χ1v) is 10.9. The third-order valence-electron chi connectivity index (χ3n) is 5.53. The van der Waals surface area contributed by atoms with Crippen molar-refractivity contribution in [1.29, 1.82) is 0 Å². The summed E-state index contributed by atoms with van der Waals surface area (Å²) in [5, 5.41) is 3.36. The van der Waals surface area contributed by atoms with Gasteiger partial charge in [0, 0.05) is 31.1 Å². The zero-order valence-corrected chi connectivity index (χ0v) is 18.9. The van der Waals surface area contributed by atoms with Crippen LogP contribution in [0.25, 0.3) is 22.6 Å². The molecule has 0 saturated carbocycles. The van der Waals surface area contributed by atoms with Gasteiger partial charge in [-0.2, -0.15) is 13.2 Å². The first-order chi connectivity index (χ1) is 16.8. The molecule has 0 spiro atoms. The summed E-state index contributed by atoms with van der Waals surface area (Å²) >= 11 is 0. The Morgan fingerprint density at radius 2 is 1.86 bits per heavy atom. The zero-order valence-electron chi connectivity index (χ0n) is 18.9. The van der Waals surface area contributed by atoms with Gasteiger partial charge in [-0.1, -0.05) is 19.1 Å². The van der Waals surface area contributed by atoms with Crippen molar-refractivity contribution in [2.75, 3.05) is 5.32 Å². The Kier molecular flexibility index (Phi) is 5.64. The molecule has 0 saturated heterocycles. The van der Waals surface area contributed by atoms with E-state index in [-0.39, 0.29) is 11.5 Å². The van der Waals surface area contributed by atoms with E-state index in [1.165, 1.54) is 17.8 Å². The van der Waals surface area contributed by atoms with E-state index in [9.17, 15) is 13.2 Å². The Morgan fingerprint density at radius 1 is 1.03 bits per heavy atom. The van der Waals surface area contributed by atoms with Crippen molar-refractivity contribution in [2.24, 2.45) is 7.05 Å². The minimum absolute atomic E-state index is 0.00538. The number of hydrogen-bond donors (Lipinski definition) is 2. The average Bonchev–Trinajstić information content (AvgIpc) is 3.45. The zero-order chi connectivity index (χ0) is 24.6. The summed E-state index contributed by atoms with van der Waals surface area (Å²) in [6.45, 7) is 2.11. The molecule has 0 bridgehead atoms. The van der Waals surface area contributed by atoms with Gasteiger partial charge >= 0.3 is 6.18 Å². The normalized spacial score (nSPS) is 11.7. The number of aromatic amines is 1. The van der Waals surface area contributed by atoms with Gasteiger partial charge < -0.3 is 19.6 Å². The number of fused-ring (bicyclic) bond motifs is 1. The number of aryl methyl sites for hydroxylation is 2. The maximum Gasteiger partial charge on any atom is 0.432 e. The van der Waals surface area contributed by atoms with Crippen LogP contribution in [0.4, 0.5) is 24.8 Å². The number of aromatic nitrogens is 5. The number of anilines is 2. The van der Waals surface area contributed by atoms with Crippen LogP contribution in [0.2, 0.25) is 0 Å². The highest BCUT2D eigenvalue weighted by molar-refractivity contribution is 5.81. The summed E-state index contributed by atoms with van der Waals surface area (Å²) in [5.41, 5.74) is 3.12. The van der Waals surface area contributed by atoms with Gasteiger partial charge in [-0.15, -0.1) is 0 Å². The molecule has 178 valence electrons. The number of nitrogens with zero attached hydrogens (tertiary/aromatic N) is 4. The second kappa shape index (κ2) is 8.79. The monoisotopic (exact) mass is 478 g/mol. The largest absolute Gasteiger partial charge is 0.457 e. The number of alkyl halides is 3. The van der Waals surface area contributed by atoms with Crippen LogP contribution >= 0.6 is 0 Å². The molecule has 0 aliphatic rings. The van der Waals surface area contributed by atoms with Crippen molar-refractivity contribution < 1.29 is 17.9 Å². The molecule has 3 heterocycles. The summed E-state index contributed by atoms with van der Waals surface area (Å²) in [6, 6.07) is 16.8. The van der Waals surface area contributed by atoms with Crippen molar-refractivity contribution in [2.45, 2.75) is 19.5 Å². The van der Waals surface area contributed by atoms with E-state index in [0.29, 0.717) is 17.4 Å². The Morgan fingerprint density at radius 3 is 2.63 bits per heavy atom. The molecule has 5 rings (SSSR count). The third-order valence-corrected chi connectivity index (χ3v) is 5.53. The highest BCUT2D eigenvalue weighted by atomic mass is 19.4. The predicted octanol–water partition coefficient (Wildman–Crippen LogP) is 6.48. The molecule has 0 radical (unpaired) electrons. The molecule has 5 aromatic rings. The second-order valence-electron chi connectivity index (χ2n) is 7.95. The lowest BCUT2D eigenvalue weighted by molar-refractivity contribution is -0.140. The smallest absolute Gasteiger partial charge is 0.432 e. The van der Waals surface area contributed by atoms with Gasteiger partial charge in [0.1, 0.15) is 22.9 Å². The third kappa shape index (κ3) is 4.68. The van der Waals surface area contributed by atoms with Crippen LogP contribution in [0.5, 0.6) is 11.5 Å². The molecule has 7 nitrogen and oxygen atoms in total. The number of pyridine rings is 1. The van der Waals surface area contributed by atoms with Crippen molar-refractivity contribution in [3.05, 3.63) is 78.2 Å². The van der Waals surface area contributed by atoms with E-state index < -0.39 is 11.9 Å². The summed E-state index contributed by atoms with van der Waals surface area (Å²) in [4.78, 5) is 14.8. The Labute approximate surface area is 198 Å². The van der Waals surface area contributed by atoms with Crippen molar-refractivity contribution in [3.8, 4) is 23.0 Å². The van der Waals surface area contributed by atoms with E-state index in [1.807, 2.05) is 29.8 Å². The number of benzene rings is 2. The van der Waals surface area contributed by atoms with E-state index in [0.717, 1.165) is 29.3 Å². The van der Waals surface area contributed by atoms with Gasteiger partial charge in [0.2, 0.25) is 5.95 Å². The van der Waals surface area contributed by atoms with Gasteiger partial charge in [-0.3, -0.25) is 4.98 Å². The lowest BCUT2D eigenvalue weighted by Gasteiger charge is -2.08. The van der Waals surface area contributed by atoms with Crippen LogP contribution in [0.15, 0.2) is 67.0 Å². The molecule has 0 amide bonds. The molecule has 0 aliphatic heterocycles. The molecule has 3 aromatic heterocycles. The van der Waals surface area contributed by atoms with Gasteiger partial charge in [-0.05, 0) is 42.3 Å². The fourth-order valence-corrected chi connectivity index (χ4v) is 3.69.